The predicted octanol–water partition coefficient (Wildman–Crippen LogP) is 4.23. The molecule has 0 radical (unpaired) electrons. The van der Waals surface area contributed by atoms with Crippen LogP contribution in [0.2, 0.25) is 0 Å². The van der Waals surface area contributed by atoms with Crippen LogP contribution in [0.1, 0.15) is 85.0 Å². The molecule has 1 atom stereocenters. The Morgan fingerprint density at radius 1 is 0.880 bits per heavy atom. The molecule has 0 spiro atoms. The second-order valence-electron chi connectivity index (χ2n) is 7.96. The van der Waals surface area contributed by atoms with E-state index < -0.39 is 0 Å². The van der Waals surface area contributed by atoms with Gasteiger partial charge in [0.25, 0.3) is 0 Å². The molecule has 4 heteroatoms. The number of nitrogens with zero attached hydrogens (tertiary/aromatic N) is 2. The minimum atomic E-state index is 0.144. The van der Waals surface area contributed by atoms with Gasteiger partial charge in [-0.2, -0.15) is 0 Å². The largest absolute Gasteiger partial charge is 0.342 e. The number of amides is 2. The maximum Gasteiger partial charge on any atom is 0.225 e. The van der Waals surface area contributed by atoms with E-state index in [1.54, 1.807) is 0 Å². The number of hydrogen-bond donors (Lipinski definition) is 0. The molecule has 1 saturated heterocycles. The highest BCUT2D eigenvalue weighted by Gasteiger charge is 2.35. The lowest BCUT2D eigenvalue weighted by Gasteiger charge is -2.39. The van der Waals surface area contributed by atoms with Crippen molar-refractivity contribution in [2.45, 2.75) is 91.0 Å². The summed E-state index contributed by atoms with van der Waals surface area (Å²) in [5.41, 5.74) is 0. The fourth-order valence-electron chi connectivity index (χ4n) is 4.67. The second kappa shape index (κ2) is 10.2. The molecule has 0 aromatic heterocycles. The third-order valence-electron chi connectivity index (χ3n) is 6.11. The molecule has 1 saturated carbocycles. The van der Waals surface area contributed by atoms with E-state index in [-0.39, 0.29) is 11.8 Å². The minimum Gasteiger partial charge on any atom is -0.342 e. The number of carbonyl (C=O) groups is 2. The lowest BCUT2D eigenvalue weighted by Crippen LogP contribution is -2.47. The first kappa shape index (κ1) is 20.3. The summed E-state index contributed by atoms with van der Waals surface area (Å²) in [6, 6.07) is 0.449. The molecule has 25 heavy (non-hydrogen) atoms. The molecular weight excluding hydrogens is 312 g/mol. The molecule has 0 aromatic rings. The number of piperidine rings is 1. The van der Waals surface area contributed by atoms with Crippen molar-refractivity contribution in [3.63, 3.8) is 0 Å². The standard InChI is InChI=1S/C21H38N2O2/c1-4-14-22(15-5-2)20(24)17-10-12-18(13-11-17)21(25)23-16-8-7-9-19(23)6-3/h17-19H,4-16H2,1-3H3. The molecular formula is C21H38N2O2. The van der Waals surface area contributed by atoms with Gasteiger partial charge in [0, 0.05) is 37.5 Å². The van der Waals surface area contributed by atoms with Crippen LogP contribution in [0, 0.1) is 11.8 Å². The Morgan fingerprint density at radius 2 is 1.48 bits per heavy atom. The van der Waals surface area contributed by atoms with Gasteiger partial charge in [-0.15, -0.1) is 0 Å². The van der Waals surface area contributed by atoms with Crippen molar-refractivity contribution in [1.82, 2.24) is 9.80 Å². The van der Waals surface area contributed by atoms with Crippen molar-refractivity contribution in [3.05, 3.63) is 0 Å². The van der Waals surface area contributed by atoms with Crippen LogP contribution in [0.3, 0.4) is 0 Å². The second-order valence-corrected chi connectivity index (χ2v) is 7.96. The smallest absolute Gasteiger partial charge is 0.225 e. The van der Waals surface area contributed by atoms with Gasteiger partial charge < -0.3 is 9.80 Å². The molecule has 2 amide bonds. The monoisotopic (exact) mass is 350 g/mol. The van der Waals surface area contributed by atoms with Gasteiger partial charge in [0.2, 0.25) is 11.8 Å². The van der Waals surface area contributed by atoms with Crippen LogP contribution in [0.4, 0.5) is 0 Å². The summed E-state index contributed by atoms with van der Waals surface area (Å²) in [5.74, 6) is 1.00. The SMILES string of the molecule is CCCN(CCC)C(=O)C1CCC(C(=O)N2CCCCC2CC)CC1. The Bertz CT molecular complexity index is 424. The van der Waals surface area contributed by atoms with Gasteiger partial charge in [-0.25, -0.2) is 0 Å². The van der Waals surface area contributed by atoms with Gasteiger partial charge in [0.15, 0.2) is 0 Å². The minimum absolute atomic E-state index is 0.144. The normalized spacial score (nSPS) is 27.2. The van der Waals surface area contributed by atoms with Gasteiger partial charge >= 0.3 is 0 Å². The van der Waals surface area contributed by atoms with E-state index in [2.05, 4.69) is 25.7 Å². The molecule has 1 unspecified atom stereocenters. The van der Waals surface area contributed by atoms with Crippen LogP contribution in [0.5, 0.6) is 0 Å². The molecule has 1 aliphatic carbocycles. The Kier molecular flexibility index (Phi) is 8.25. The predicted molar refractivity (Wildman–Crippen MR) is 102 cm³/mol. The van der Waals surface area contributed by atoms with E-state index in [4.69, 9.17) is 0 Å². The summed E-state index contributed by atoms with van der Waals surface area (Å²) in [4.78, 5) is 30.0. The van der Waals surface area contributed by atoms with Gasteiger partial charge in [-0.3, -0.25) is 9.59 Å². The van der Waals surface area contributed by atoms with Gasteiger partial charge in [-0.05, 0) is 64.2 Å². The number of hydrogen-bond acceptors (Lipinski definition) is 2. The fraction of sp³-hybridized carbons (Fsp3) is 0.905. The molecule has 1 heterocycles. The fourth-order valence-corrected chi connectivity index (χ4v) is 4.67. The van der Waals surface area contributed by atoms with Crippen LogP contribution >= 0.6 is 0 Å². The Labute approximate surface area is 154 Å². The maximum atomic E-state index is 13.0. The molecule has 2 fully saturated rings. The van der Waals surface area contributed by atoms with Crippen LogP contribution in [-0.2, 0) is 9.59 Å². The highest BCUT2D eigenvalue weighted by molar-refractivity contribution is 5.81. The van der Waals surface area contributed by atoms with Crippen molar-refractivity contribution in [2.75, 3.05) is 19.6 Å². The Morgan fingerprint density at radius 3 is 2.04 bits per heavy atom. The van der Waals surface area contributed by atoms with E-state index in [1.807, 2.05) is 4.90 Å². The van der Waals surface area contributed by atoms with E-state index in [0.29, 0.717) is 17.9 Å². The van der Waals surface area contributed by atoms with Gasteiger partial charge in [0.05, 0.1) is 0 Å². The lowest BCUT2D eigenvalue weighted by molar-refractivity contribution is -0.143. The van der Waals surface area contributed by atoms with Crippen LogP contribution < -0.4 is 0 Å². The van der Waals surface area contributed by atoms with E-state index >= 15 is 0 Å². The van der Waals surface area contributed by atoms with Crippen molar-refractivity contribution < 1.29 is 9.59 Å². The summed E-state index contributed by atoms with van der Waals surface area (Å²) in [7, 11) is 0. The number of carbonyl (C=O) groups excluding carboxylic acids is 2. The summed E-state index contributed by atoms with van der Waals surface area (Å²) in [5, 5.41) is 0. The number of likely N-dealkylation sites (tertiary alicyclic amines) is 1. The first-order valence-corrected chi connectivity index (χ1v) is 10.7. The summed E-state index contributed by atoms with van der Waals surface area (Å²) in [6.45, 7) is 9.15. The average Bonchev–Trinajstić information content (AvgIpc) is 2.66. The van der Waals surface area contributed by atoms with Crippen LogP contribution in [0.15, 0.2) is 0 Å². The molecule has 0 N–H and O–H groups in total. The Balaban J connectivity index is 1.87. The van der Waals surface area contributed by atoms with Gasteiger partial charge in [0.1, 0.15) is 0 Å². The molecule has 0 bridgehead atoms. The lowest BCUT2D eigenvalue weighted by atomic mass is 9.80. The highest BCUT2D eigenvalue weighted by atomic mass is 16.2. The first-order chi connectivity index (χ1) is 12.1. The zero-order valence-electron chi connectivity index (χ0n) is 16.6. The maximum absolute atomic E-state index is 13.0. The molecule has 2 aliphatic rings. The van der Waals surface area contributed by atoms with Crippen LogP contribution in [-0.4, -0.2) is 47.3 Å². The zero-order chi connectivity index (χ0) is 18.2. The summed E-state index contributed by atoms with van der Waals surface area (Å²) < 4.78 is 0. The molecule has 4 nitrogen and oxygen atoms in total. The summed E-state index contributed by atoms with van der Waals surface area (Å²) in [6.07, 6.45) is 10.3. The quantitative estimate of drug-likeness (QED) is 0.689. The first-order valence-electron chi connectivity index (χ1n) is 10.7. The summed E-state index contributed by atoms with van der Waals surface area (Å²) >= 11 is 0. The zero-order valence-corrected chi connectivity index (χ0v) is 16.6. The van der Waals surface area contributed by atoms with E-state index in [0.717, 1.165) is 71.0 Å². The van der Waals surface area contributed by atoms with Crippen molar-refractivity contribution in [2.24, 2.45) is 11.8 Å². The van der Waals surface area contributed by atoms with Crippen molar-refractivity contribution in [1.29, 1.82) is 0 Å². The average molecular weight is 351 g/mol. The van der Waals surface area contributed by atoms with E-state index in [9.17, 15) is 9.59 Å². The van der Waals surface area contributed by atoms with Crippen molar-refractivity contribution in [3.8, 4) is 0 Å². The van der Waals surface area contributed by atoms with E-state index in [1.165, 1.54) is 12.8 Å². The molecule has 1 aliphatic heterocycles. The molecule has 2 rings (SSSR count). The van der Waals surface area contributed by atoms with Crippen LogP contribution in [0.25, 0.3) is 0 Å². The van der Waals surface area contributed by atoms with Gasteiger partial charge in [-0.1, -0.05) is 20.8 Å². The van der Waals surface area contributed by atoms with Crippen molar-refractivity contribution >= 4 is 11.8 Å². The molecule has 0 aromatic carbocycles. The molecule has 144 valence electrons. The number of rotatable bonds is 7. The topological polar surface area (TPSA) is 40.6 Å². The third kappa shape index (κ3) is 5.21. The Hall–Kier alpha value is -1.06. The third-order valence-corrected chi connectivity index (χ3v) is 6.11. The highest BCUT2D eigenvalue weighted by Crippen LogP contribution is 2.33.